The summed E-state index contributed by atoms with van der Waals surface area (Å²) in [6.45, 7) is 7.19. The average Bonchev–Trinajstić information content (AvgIpc) is 2.74. The van der Waals surface area contributed by atoms with Gasteiger partial charge in [0.15, 0.2) is 0 Å². The molecule has 0 aromatic heterocycles. The van der Waals surface area contributed by atoms with Crippen molar-refractivity contribution in [2.45, 2.75) is 45.4 Å². The van der Waals surface area contributed by atoms with E-state index in [9.17, 15) is 0 Å². The Hall–Kier alpha value is -1.91. The Bertz CT molecular complexity index is 784. The van der Waals surface area contributed by atoms with Crippen LogP contribution in [0.2, 0.25) is 0 Å². The number of benzene rings is 3. The fourth-order valence-corrected chi connectivity index (χ4v) is 7.63. The summed E-state index contributed by atoms with van der Waals surface area (Å²) in [4.78, 5) is 0. The first-order valence-corrected chi connectivity index (χ1v) is 12.5. The molecule has 0 amide bonds. The van der Waals surface area contributed by atoms with Crippen molar-refractivity contribution in [1.82, 2.24) is 0 Å². The van der Waals surface area contributed by atoms with Crippen LogP contribution >= 0.6 is 7.26 Å². The molecule has 1 heteroatoms. The quantitative estimate of drug-likeness (QED) is 0.320. The Balaban J connectivity index is 2.12. The Morgan fingerprint density at radius 1 is 0.704 bits per heavy atom. The van der Waals surface area contributed by atoms with Crippen LogP contribution in [0.15, 0.2) is 84.9 Å². The molecule has 0 saturated carbocycles. The lowest BCUT2D eigenvalue weighted by molar-refractivity contribution is 0.600. The normalized spacial score (nSPS) is 12.7. The molecule has 0 radical (unpaired) electrons. The molecule has 3 aromatic carbocycles. The molecule has 0 heterocycles. The average molecular weight is 376 g/mol. The third-order valence-electron chi connectivity index (χ3n) is 5.74. The van der Waals surface area contributed by atoms with Crippen LogP contribution in [0.1, 0.15) is 51.0 Å². The maximum absolute atomic E-state index is 2.50. The molecule has 0 spiro atoms. The molecule has 0 aliphatic heterocycles. The molecule has 0 bridgehead atoms. The van der Waals surface area contributed by atoms with E-state index in [4.69, 9.17) is 0 Å². The van der Waals surface area contributed by atoms with Gasteiger partial charge in [-0.25, -0.2) is 0 Å². The van der Waals surface area contributed by atoms with Crippen LogP contribution in [0, 0.1) is 0 Å². The SMILES string of the molecule is CCCCCC(C)c1ccccc1[P+](C)(c1ccccc1)c1ccccc1. The van der Waals surface area contributed by atoms with Gasteiger partial charge in [-0.2, -0.15) is 0 Å². The molecule has 3 aromatic rings. The van der Waals surface area contributed by atoms with Crippen LogP contribution in [0.3, 0.4) is 0 Å². The van der Waals surface area contributed by atoms with Crippen molar-refractivity contribution >= 4 is 23.2 Å². The summed E-state index contributed by atoms with van der Waals surface area (Å²) in [5.41, 5.74) is 1.54. The molecule has 0 aliphatic carbocycles. The fraction of sp³-hybridized carbons (Fsp3) is 0.308. The standard InChI is InChI=1S/C26H32P/c1-4-5-8-15-22(2)25-20-13-14-21-26(25)27(3,23-16-9-6-10-17-23)24-18-11-7-12-19-24/h6-7,9-14,16-22H,4-5,8,15H2,1-3H3/q+1. The zero-order valence-corrected chi connectivity index (χ0v) is 17.8. The summed E-state index contributed by atoms with van der Waals surface area (Å²) < 4.78 is 0. The van der Waals surface area contributed by atoms with E-state index in [1.54, 1.807) is 5.30 Å². The lowest BCUT2D eigenvalue weighted by atomic mass is 9.95. The molecule has 0 saturated heterocycles. The van der Waals surface area contributed by atoms with Crippen LogP contribution in [-0.4, -0.2) is 6.66 Å². The second-order valence-electron chi connectivity index (χ2n) is 7.63. The minimum atomic E-state index is -1.66. The van der Waals surface area contributed by atoms with E-state index < -0.39 is 7.26 Å². The van der Waals surface area contributed by atoms with E-state index >= 15 is 0 Å². The highest BCUT2D eigenvalue weighted by atomic mass is 31.2. The van der Waals surface area contributed by atoms with Crippen molar-refractivity contribution < 1.29 is 0 Å². The van der Waals surface area contributed by atoms with Crippen molar-refractivity contribution in [3.63, 3.8) is 0 Å². The molecule has 27 heavy (non-hydrogen) atoms. The van der Waals surface area contributed by atoms with Crippen LogP contribution in [0.4, 0.5) is 0 Å². The molecule has 1 unspecified atom stereocenters. The summed E-state index contributed by atoms with van der Waals surface area (Å²) in [7, 11) is -1.66. The van der Waals surface area contributed by atoms with Gasteiger partial charge in [-0.05, 0) is 48.2 Å². The smallest absolute Gasteiger partial charge is 0.0654 e. The van der Waals surface area contributed by atoms with Gasteiger partial charge in [-0.3, -0.25) is 0 Å². The highest BCUT2D eigenvalue weighted by Gasteiger charge is 2.42. The van der Waals surface area contributed by atoms with Crippen molar-refractivity contribution in [2.75, 3.05) is 6.66 Å². The van der Waals surface area contributed by atoms with Crippen molar-refractivity contribution in [3.05, 3.63) is 90.5 Å². The van der Waals surface area contributed by atoms with Gasteiger partial charge >= 0.3 is 0 Å². The molecular formula is C26H32P+. The number of rotatable bonds is 8. The molecule has 0 N–H and O–H groups in total. The number of hydrogen-bond acceptors (Lipinski definition) is 0. The predicted octanol–water partition coefficient (Wildman–Crippen LogP) is 6.29. The Morgan fingerprint density at radius 2 is 1.22 bits per heavy atom. The number of hydrogen-bond donors (Lipinski definition) is 0. The monoisotopic (exact) mass is 375 g/mol. The van der Waals surface area contributed by atoms with Gasteiger partial charge in [0, 0.05) is 0 Å². The molecule has 0 aliphatic rings. The van der Waals surface area contributed by atoms with Crippen LogP contribution in [-0.2, 0) is 0 Å². The molecule has 3 rings (SSSR count). The molecular weight excluding hydrogens is 343 g/mol. The van der Waals surface area contributed by atoms with E-state index in [0.29, 0.717) is 5.92 Å². The Labute approximate surface area is 166 Å². The topological polar surface area (TPSA) is 0 Å². The minimum absolute atomic E-state index is 0.597. The summed E-state index contributed by atoms with van der Waals surface area (Å²) in [5.74, 6) is 0.597. The third-order valence-corrected chi connectivity index (χ3v) is 9.77. The van der Waals surface area contributed by atoms with E-state index in [-0.39, 0.29) is 0 Å². The highest BCUT2D eigenvalue weighted by Crippen LogP contribution is 2.53. The van der Waals surface area contributed by atoms with E-state index in [1.165, 1.54) is 41.9 Å². The van der Waals surface area contributed by atoms with Gasteiger partial charge in [0.25, 0.3) is 0 Å². The van der Waals surface area contributed by atoms with Gasteiger partial charge in [-0.1, -0.05) is 87.7 Å². The largest absolute Gasteiger partial charge is 0.109 e. The molecule has 0 fully saturated rings. The number of unbranched alkanes of at least 4 members (excludes halogenated alkanes) is 2. The van der Waals surface area contributed by atoms with Crippen LogP contribution in [0.25, 0.3) is 0 Å². The first kappa shape index (κ1) is 19.8. The Kier molecular flexibility index (Phi) is 6.86. The highest BCUT2D eigenvalue weighted by molar-refractivity contribution is 7.95. The van der Waals surface area contributed by atoms with Crippen molar-refractivity contribution in [2.24, 2.45) is 0 Å². The second-order valence-corrected chi connectivity index (χ2v) is 11.2. The predicted molar refractivity (Wildman–Crippen MR) is 124 cm³/mol. The molecule has 0 nitrogen and oxygen atoms in total. The zero-order valence-electron chi connectivity index (χ0n) is 16.9. The van der Waals surface area contributed by atoms with E-state index in [2.05, 4.69) is 105 Å². The lowest BCUT2D eigenvalue weighted by Gasteiger charge is -2.27. The van der Waals surface area contributed by atoms with Gasteiger partial charge < -0.3 is 0 Å². The summed E-state index contributed by atoms with van der Waals surface area (Å²) in [5, 5.41) is 4.47. The van der Waals surface area contributed by atoms with Gasteiger partial charge in [0.05, 0.1) is 6.66 Å². The first-order valence-electron chi connectivity index (χ1n) is 10.2. The maximum atomic E-state index is 2.50. The Morgan fingerprint density at radius 3 is 1.78 bits per heavy atom. The maximum Gasteiger partial charge on any atom is 0.109 e. The van der Waals surface area contributed by atoms with E-state index in [1.807, 2.05) is 0 Å². The van der Waals surface area contributed by atoms with Crippen molar-refractivity contribution in [3.8, 4) is 0 Å². The fourth-order valence-electron chi connectivity index (χ4n) is 4.05. The van der Waals surface area contributed by atoms with Gasteiger partial charge in [0.2, 0.25) is 0 Å². The van der Waals surface area contributed by atoms with E-state index in [0.717, 1.165) is 0 Å². The summed E-state index contributed by atoms with van der Waals surface area (Å²) >= 11 is 0. The first-order chi connectivity index (χ1) is 13.2. The third kappa shape index (κ3) is 4.33. The zero-order chi connectivity index (χ0) is 19.1. The second kappa shape index (κ2) is 9.34. The summed E-state index contributed by atoms with van der Waals surface area (Å²) in [6.07, 6.45) is 5.20. The van der Waals surface area contributed by atoms with Crippen LogP contribution in [0.5, 0.6) is 0 Å². The molecule has 140 valence electrons. The van der Waals surface area contributed by atoms with Gasteiger partial charge in [0.1, 0.15) is 23.2 Å². The molecule has 1 atom stereocenters. The van der Waals surface area contributed by atoms with Gasteiger partial charge in [-0.15, -0.1) is 0 Å². The van der Waals surface area contributed by atoms with Crippen LogP contribution < -0.4 is 15.9 Å². The van der Waals surface area contributed by atoms with Crippen molar-refractivity contribution in [1.29, 1.82) is 0 Å². The summed E-state index contributed by atoms with van der Waals surface area (Å²) in [6, 6.07) is 31.5. The minimum Gasteiger partial charge on any atom is -0.0654 e. The lowest BCUT2D eigenvalue weighted by Crippen LogP contribution is -2.32.